The van der Waals surface area contributed by atoms with Crippen LogP contribution in [-0.2, 0) is 10.2 Å². The van der Waals surface area contributed by atoms with Crippen LogP contribution in [0.2, 0.25) is 0 Å². The van der Waals surface area contributed by atoms with Gasteiger partial charge in [0.05, 0.1) is 7.11 Å². The van der Waals surface area contributed by atoms with Crippen LogP contribution in [0.15, 0.2) is 24.3 Å². The number of halogens is 1. The standard InChI is InChI=1S/C18H25NO2.ClH/c1-3-19-10-9-18(8-7-16(20)11-15(18)13-19)14-5-4-6-17(12-14)21-2;/h4-6,12,15H,3,7-11,13H2,1-2H3;1H/t15-,18-;/m1./s1. The topological polar surface area (TPSA) is 29.5 Å². The molecule has 2 atom stereocenters. The molecule has 0 N–H and O–H groups in total. The van der Waals surface area contributed by atoms with Gasteiger partial charge in [-0.15, -0.1) is 12.4 Å². The lowest BCUT2D eigenvalue weighted by Gasteiger charge is -2.50. The number of hydrogen-bond donors (Lipinski definition) is 0. The third-order valence-electron chi connectivity index (χ3n) is 5.55. The molecule has 0 unspecified atom stereocenters. The third-order valence-corrected chi connectivity index (χ3v) is 5.55. The molecule has 1 aromatic rings. The summed E-state index contributed by atoms with van der Waals surface area (Å²) < 4.78 is 5.41. The Balaban J connectivity index is 0.00000176. The van der Waals surface area contributed by atoms with Crippen LogP contribution in [0.5, 0.6) is 5.75 Å². The predicted octanol–water partition coefficient (Wildman–Crippen LogP) is 3.45. The highest BCUT2D eigenvalue weighted by Crippen LogP contribution is 2.48. The summed E-state index contributed by atoms with van der Waals surface area (Å²) in [7, 11) is 1.72. The van der Waals surface area contributed by atoms with Crippen molar-refractivity contribution in [1.82, 2.24) is 4.90 Å². The number of likely N-dealkylation sites (tertiary alicyclic amines) is 1. The molecule has 22 heavy (non-hydrogen) atoms. The lowest BCUT2D eigenvalue weighted by molar-refractivity contribution is -0.124. The first-order valence-corrected chi connectivity index (χ1v) is 8.06. The summed E-state index contributed by atoms with van der Waals surface area (Å²) >= 11 is 0. The van der Waals surface area contributed by atoms with Crippen molar-refractivity contribution in [2.75, 3.05) is 26.7 Å². The number of Topliss-reactive ketones (excluding diaryl/α,β-unsaturated/α-hetero) is 1. The molecule has 3 rings (SSSR count). The van der Waals surface area contributed by atoms with E-state index in [0.717, 1.165) is 51.1 Å². The Hall–Kier alpha value is -1.06. The van der Waals surface area contributed by atoms with Crippen LogP contribution in [0.3, 0.4) is 0 Å². The maximum atomic E-state index is 12.0. The number of ether oxygens (including phenoxy) is 1. The van der Waals surface area contributed by atoms with Gasteiger partial charge >= 0.3 is 0 Å². The van der Waals surface area contributed by atoms with E-state index in [2.05, 4.69) is 30.0 Å². The number of ketones is 1. The van der Waals surface area contributed by atoms with E-state index in [1.54, 1.807) is 7.11 Å². The van der Waals surface area contributed by atoms with E-state index in [1.165, 1.54) is 5.56 Å². The van der Waals surface area contributed by atoms with Crippen molar-refractivity contribution in [3.8, 4) is 5.75 Å². The minimum absolute atomic E-state index is 0. The van der Waals surface area contributed by atoms with Crippen molar-refractivity contribution in [3.63, 3.8) is 0 Å². The van der Waals surface area contributed by atoms with Crippen LogP contribution >= 0.6 is 12.4 Å². The van der Waals surface area contributed by atoms with Crippen LogP contribution < -0.4 is 4.74 Å². The summed E-state index contributed by atoms with van der Waals surface area (Å²) in [4.78, 5) is 14.5. The molecule has 3 nitrogen and oxygen atoms in total. The van der Waals surface area contributed by atoms with Crippen molar-refractivity contribution >= 4 is 18.2 Å². The minimum atomic E-state index is 0. The Morgan fingerprint density at radius 3 is 2.91 bits per heavy atom. The normalized spacial score (nSPS) is 28.6. The van der Waals surface area contributed by atoms with Gasteiger partial charge in [0, 0.05) is 24.8 Å². The highest BCUT2D eigenvalue weighted by molar-refractivity contribution is 5.85. The van der Waals surface area contributed by atoms with Gasteiger partial charge in [-0.25, -0.2) is 0 Å². The molecule has 1 aromatic carbocycles. The van der Waals surface area contributed by atoms with Crippen LogP contribution in [0.4, 0.5) is 0 Å². The number of nitrogens with zero attached hydrogens (tertiary/aromatic N) is 1. The van der Waals surface area contributed by atoms with E-state index in [-0.39, 0.29) is 17.8 Å². The fourth-order valence-corrected chi connectivity index (χ4v) is 4.21. The van der Waals surface area contributed by atoms with Crippen molar-refractivity contribution < 1.29 is 9.53 Å². The van der Waals surface area contributed by atoms with E-state index in [1.807, 2.05) is 6.07 Å². The van der Waals surface area contributed by atoms with Gasteiger partial charge in [-0.1, -0.05) is 19.1 Å². The van der Waals surface area contributed by atoms with Crippen LogP contribution in [-0.4, -0.2) is 37.4 Å². The van der Waals surface area contributed by atoms with Crippen molar-refractivity contribution in [1.29, 1.82) is 0 Å². The van der Waals surface area contributed by atoms with E-state index in [4.69, 9.17) is 4.74 Å². The van der Waals surface area contributed by atoms with E-state index >= 15 is 0 Å². The highest BCUT2D eigenvalue weighted by atomic mass is 35.5. The minimum Gasteiger partial charge on any atom is -0.497 e. The second-order valence-corrected chi connectivity index (χ2v) is 6.47. The average Bonchev–Trinajstić information content (AvgIpc) is 2.54. The molecule has 2 aliphatic rings. The lowest BCUT2D eigenvalue weighted by Crippen LogP contribution is -2.52. The molecule has 122 valence electrons. The molecular weight excluding hydrogens is 298 g/mol. The molecular formula is C18H26ClNO2. The van der Waals surface area contributed by atoms with Crippen molar-refractivity contribution in [3.05, 3.63) is 29.8 Å². The van der Waals surface area contributed by atoms with Gasteiger partial charge in [0.15, 0.2) is 0 Å². The lowest BCUT2D eigenvalue weighted by atomic mass is 9.59. The van der Waals surface area contributed by atoms with Gasteiger partial charge in [0.1, 0.15) is 11.5 Å². The highest BCUT2D eigenvalue weighted by Gasteiger charge is 2.47. The van der Waals surface area contributed by atoms with Gasteiger partial charge in [-0.05, 0) is 49.5 Å². The number of carbonyl (C=O) groups excluding carboxylic acids is 1. The third kappa shape index (κ3) is 3.02. The molecule has 2 fully saturated rings. The monoisotopic (exact) mass is 323 g/mol. The van der Waals surface area contributed by atoms with Crippen molar-refractivity contribution in [2.24, 2.45) is 5.92 Å². The van der Waals surface area contributed by atoms with E-state index in [0.29, 0.717) is 11.7 Å². The molecule has 1 saturated heterocycles. The first-order valence-electron chi connectivity index (χ1n) is 8.06. The Morgan fingerprint density at radius 1 is 1.36 bits per heavy atom. The Morgan fingerprint density at radius 2 is 2.18 bits per heavy atom. The maximum Gasteiger partial charge on any atom is 0.133 e. The molecule has 1 saturated carbocycles. The smallest absolute Gasteiger partial charge is 0.133 e. The summed E-state index contributed by atoms with van der Waals surface area (Å²) in [5, 5.41) is 0. The number of carbonyl (C=O) groups is 1. The zero-order valence-corrected chi connectivity index (χ0v) is 14.3. The number of hydrogen-bond acceptors (Lipinski definition) is 3. The number of methoxy groups -OCH3 is 1. The molecule has 0 aromatic heterocycles. The summed E-state index contributed by atoms with van der Waals surface area (Å²) in [6.45, 7) is 5.49. The molecule has 0 spiro atoms. The average molecular weight is 324 g/mol. The molecule has 1 aliphatic heterocycles. The van der Waals surface area contributed by atoms with Gasteiger partial charge in [-0.3, -0.25) is 4.79 Å². The SMILES string of the molecule is CCN1CC[C@@]2(c3cccc(OC)c3)CCC(=O)C[C@@H]2C1.Cl. The summed E-state index contributed by atoms with van der Waals surface area (Å²) in [6.07, 6.45) is 3.64. The predicted molar refractivity (Wildman–Crippen MR) is 91.0 cm³/mol. The van der Waals surface area contributed by atoms with Crippen LogP contribution in [0.1, 0.15) is 38.2 Å². The maximum absolute atomic E-state index is 12.0. The molecule has 1 aliphatic carbocycles. The van der Waals surface area contributed by atoms with Gasteiger partial charge in [-0.2, -0.15) is 0 Å². The Bertz CT molecular complexity index is 534. The van der Waals surface area contributed by atoms with Gasteiger partial charge in [0.2, 0.25) is 0 Å². The first kappa shape index (κ1) is 17.3. The Kier molecular flexibility index (Phi) is 5.51. The molecule has 0 bridgehead atoms. The number of piperidine rings is 1. The Labute approximate surface area is 139 Å². The zero-order chi connectivity index (χ0) is 14.9. The summed E-state index contributed by atoms with van der Waals surface area (Å²) in [5.74, 6) is 1.83. The number of rotatable bonds is 3. The fraction of sp³-hybridized carbons (Fsp3) is 0.611. The largest absolute Gasteiger partial charge is 0.497 e. The second kappa shape index (κ2) is 7.01. The van der Waals surface area contributed by atoms with Gasteiger partial charge < -0.3 is 9.64 Å². The summed E-state index contributed by atoms with van der Waals surface area (Å²) in [5.41, 5.74) is 1.55. The molecule has 0 radical (unpaired) electrons. The number of fused-ring (bicyclic) bond motifs is 1. The fourth-order valence-electron chi connectivity index (χ4n) is 4.21. The first-order chi connectivity index (χ1) is 10.2. The van der Waals surface area contributed by atoms with Crippen LogP contribution in [0.25, 0.3) is 0 Å². The molecule has 4 heteroatoms. The van der Waals surface area contributed by atoms with Gasteiger partial charge in [0.25, 0.3) is 0 Å². The molecule has 1 heterocycles. The van der Waals surface area contributed by atoms with E-state index in [9.17, 15) is 4.79 Å². The zero-order valence-electron chi connectivity index (χ0n) is 13.5. The second-order valence-electron chi connectivity index (χ2n) is 6.47. The number of benzene rings is 1. The quantitative estimate of drug-likeness (QED) is 0.853. The van der Waals surface area contributed by atoms with Crippen LogP contribution in [0, 0.1) is 5.92 Å². The van der Waals surface area contributed by atoms with Crippen molar-refractivity contribution in [2.45, 2.75) is 38.0 Å². The summed E-state index contributed by atoms with van der Waals surface area (Å²) in [6, 6.07) is 8.50. The molecule has 0 amide bonds. The van der Waals surface area contributed by atoms with E-state index < -0.39 is 0 Å².